The lowest BCUT2D eigenvalue weighted by Crippen LogP contribution is -2.30. The summed E-state index contributed by atoms with van der Waals surface area (Å²) in [6.45, 7) is 2.60. The summed E-state index contributed by atoms with van der Waals surface area (Å²) in [6, 6.07) is 15.6. The van der Waals surface area contributed by atoms with Crippen LogP contribution in [0.15, 0.2) is 60.9 Å². The minimum Gasteiger partial charge on any atom is -0.497 e. The Kier molecular flexibility index (Phi) is 8.41. The second-order valence-corrected chi connectivity index (χ2v) is 9.27. The number of rotatable bonds is 11. The minimum absolute atomic E-state index is 0.0272. The zero-order chi connectivity index (χ0) is 27.2. The summed E-state index contributed by atoms with van der Waals surface area (Å²) in [5.74, 6) is 2.47. The molecule has 8 nitrogen and oxygen atoms in total. The van der Waals surface area contributed by atoms with Crippen molar-refractivity contribution in [2.45, 2.75) is 25.7 Å². The standard InChI is InChI=1S/C30H35N3O5/c1-20-9-12-33-26(19-31-29(33)13-20)25(22-15-23(35-3)17-24(16-22)36-4)18-30(34)32(2)11-10-21-7-8-27(37-5)28(14-21)38-6/h7-9,12-17,19,25H,10-11,18H2,1-6H3. The number of aryl methyl sites for hydroxylation is 1. The largest absolute Gasteiger partial charge is 0.497 e. The van der Waals surface area contributed by atoms with Crippen LogP contribution in [0.4, 0.5) is 0 Å². The molecule has 0 aliphatic rings. The van der Waals surface area contributed by atoms with Crippen molar-refractivity contribution in [1.29, 1.82) is 0 Å². The molecule has 2 aromatic carbocycles. The molecule has 0 N–H and O–H groups in total. The van der Waals surface area contributed by atoms with Crippen LogP contribution in [0.3, 0.4) is 0 Å². The molecule has 8 heteroatoms. The summed E-state index contributed by atoms with van der Waals surface area (Å²) >= 11 is 0. The number of benzene rings is 2. The van der Waals surface area contributed by atoms with Crippen molar-refractivity contribution >= 4 is 11.6 Å². The van der Waals surface area contributed by atoms with Gasteiger partial charge in [-0.25, -0.2) is 4.98 Å². The van der Waals surface area contributed by atoms with Gasteiger partial charge in [0, 0.05) is 44.4 Å². The SMILES string of the molecule is COc1cc(OC)cc(C(CC(=O)N(C)CCc2ccc(OC)c(OC)c2)c2cnc3cc(C)ccn23)c1. The van der Waals surface area contributed by atoms with Crippen molar-refractivity contribution < 1.29 is 23.7 Å². The van der Waals surface area contributed by atoms with E-state index in [2.05, 4.69) is 4.98 Å². The van der Waals surface area contributed by atoms with E-state index in [0.29, 0.717) is 36.0 Å². The third-order valence-electron chi connectivity index (χ3n) is 6.82. The number of carbonyl (C=O) groups excluding carboxylic acids is 1. The summed E-state index contributed by atoms with van der Waals surface area (Å²) in [6.07, 6.45) is 4.81. The number of amides is 1. The van der Waals surface area contributed by atoms with Crippen LogP contribution in [0.25, 0.3) is 5.65 Å². The molecule has 200 valence electrons. The highest BCUT2D eigenvalue weighted by molar-refractivity contribution is 5.77. The Hall–Kier alpha value is -4.20. The Balaban J connectivity index is 1.60. The van der Waals surface area contributed by atoms with E-state index in [1.165, 1.54) is 0 Å². The van der Waals surface area contributed by atoms with E-state index in [1.807, 2.05) is 79.3 Å². The second-order valence-electron chi connectivity index (χ2n) is 9.27. The first-order valence-electron chi connectivity index (χ1n) is 12.5. The van der Waals surface area contributed by atoms with Gasteiger partial charge >= 0.3 is 0 Å². The van der Waals surface area contributed by atoms with Crippen molar-refractivity contribution in [3.63, 3.8) is 0 Å². The molecule has 2 heterocycles. The first-order valence-corrected chi connectivity index (χ1v) is 12.5. The van der Waals surface area contributed by atoms with Crippen molar-refractivity contribution in [2.24, 2.45) is 0 Å². The average molecular weight is 518 g/mol. The molecule has 1 atom stereocenters. The van der Waals surface area contributed by atoms with Gasteiger partial charge in [-0.1, -0.05) is 6.07 Å². The third kappa shape index (κ3) is 5.85. The van der Waals surface area contributed by atoms with E-state index >= 15 is 0 Å². The fourth-order valence-corrected chi connectivity index (χ4v) is 4.57. The zero-order valence-corrected chi connectivity index (χ0v) is 22.9. The van der Waals surface area contributed by atoms with Gasteiger partial charge in [-0.05, 0) is 66.4 Å². The maximum Gasteiger partial charge on any atom is 0.223 e. The van der Waals surface area contributed by atoms with Crippen LogP contribution in [-0.4, -0.2) is 62.2 Å². The molecule has 0 saturated heterocycles. The predicted octanol–water partition coefficient (Wildman–Crippen LogP) is 4.90. The Bertz CT molecular complexity index is 1390. The minimum atomic E-state index is -0.257. The summed E-state index contributed by atoms with van der Waals surface area (Å²) in [4.78, 5) is 20.0. The molecule has 0 spiro atoms. The number of nitrogens with zero attached hydrogens (tertiary/aromatic N) is 3. The molecule has 0 saturated carbocycles. The Morgan fingerprint density at radius 2 is 1.63 bits per heavy atom. The molecule has 4 rings (SSSR count). The van der Waals surface area contributed by atoms with Gasteiger partial charge in [0.2, 0.25) is 5.91 Å². The molecular weight excluding hydrogens is 482 g/mol. The predicted molar refractivity (Wildman–Crippen MR) is 147 cm³/mol. The van der Waals surface area contributed by atoms with E-state index in [0.717, 1.165) is 28.0 Å². The molecule has 2 aromatic heterocycles. The normalized spacial score (nSPS) is 11.7. The van der Waals surface area contributed by atoms with Crippen LogP contribution in [0.2, 0.25) is 0 Å². The molecule has 0 aliphatic heterocycles. The molecule has 4 aromatic rings. The van der Waals surface area contributed by atoms with E-state index < -0.39 is 0 Å². The van der Waals surface area contributed by atoms with Crippen molar-refractivity contribution in [2.75, 3.05) is 42.0 Å². The lowest BCUT2D eigenvalue weighted by molar-refractivity contribution is -0.130. The number of hydrogen-bond donors (Lipinski definition) is 0. The van der Waals surface area contributed by atoms with Gasteiger partial charge in [0.05, 0.1) is 34.1 Å². The monoisotopic (exact) mass is 517 g/mol. The molecule has 38 heavy (non-hydrogen) atoms. The van der Waals surface area contributed by atoms with Gasteiger partial charge in [-0.3, -0.25) is 4.79 Å². The van der Waals surface area contributed by atoms with Gasteiger partial charge in [0.25, 0.3) is 0 Å². The molecule has 0 aliphatic carbocycles. The number of ether oxygens (including phenoxy) is 4. The van der Waals surface area contributed by atoms with Crippen LogP contribution < -0.4 is 18.9 Å². The number of imidazole rings is 1. The van der Waals surface area contributed by atoms with Crippen molar-refractivity contribution in [1.82, 2.24) is 14.3 Å². The topological polar surface area (TPSA) is 74.5 Å². The summed E-state index contributed by atoms with van der Waals surface area (Å²) in [7, 11) is 8.31. The van der Waals surface area contributed by atoms with E-state index in [4.69, 9.17) is 18.9 Å². The Labute approximate surface area is 223 Å². The van der Waals surface area contributed by atoms with E-state index in [9.17, 15) is 4.79 Å². The van der Waals surface area contributed by atoms with Gasteiger partial charge in [-0.15, -0.1) is 0 Å². The maximum absolute atomic E-state index is 13.6. The highest BCUT2D eigenvalue weighted by Crippen LogP contribution is 2.35. The van der Waals surface area contributed by atoms with Crippen LogP contribution in [-0.2, 0) is 11.2 Å². The first kappa shape index (κ1) is 26.9. The summed E-state index contributed by atoms with van der Waals surface area (Å²) in [5.41, 5.74) is 4.88. The molecule has 0 radical (unpaired) electrons. The van der Waals surface area contributed by atoms with Gasteiger partial charge in [0.15, 0.2) is 11.5 Å². The lowest BCUT2D eigenvalue weighted by atomic mass is 9.91. The van der Waals surface area contributed by atoms with Crippen LogP contribution in [0.5, 0.6) is 23.0 Å². The van der Waals surface area contributed by atoms with E-state index in [-0.39, 0.29) is 18.2 Å². The van der Waals surface area contributed by atoms with Gasteiger partial charge in [0.1, 0.15) is 17.1 Å². The fourth-order valence-electron chi connectivity index (χ4n) is 4.57. The highest BCUT2D eigenvalue weighted by Gasteiger charge is 2.25. The lowest BCUT2D eigenvalue weighted by Gasteiger charge is -2.23. The molecular formula is C30H35N3O5. The number of fused-ring (bicyclic) bond motifs is 1. The second kappa shape index (κ2) is 11.9. The van der Waals surface area contributed by atoms with E-state index in [1.54, 1.807) is 33.3 Å². The number of likely N-dealkylation sites (N-methyl/N-ethyl adjacent to an activating group) is 1. The zero-order valence-electron chi connectivity index (χ0n) is 22.9. The van der Waals surface area contributed by atoms with Gasteiger partial charge < -0.3 is 28.2 Å². The quantitative estimate of drug-likeness (QED) is 0.282. The number of methoxy groups -OCH3 is 4. The number of pyridine rings is 1. The number of hydrogen-bond acceptors (Lipinski definition) is 6. The summed E-state index contributed by atoms with van der Waals surface area (Å²) < 4.78 is 23.8. The molecule has 0 fully saturated rings. The van der Waals surface area contributed by atoms with Crippen molar-refractivity contribution in [3.05, 3.63) is 83.3 Å². The first-order chi connectivity index (χ1) is 18.4. The molecule has 1 amide bonds. The maximum atomic E-state index is 13.6. The smallest absolute Gasteiger partial charge is 0.223 e. The van der Waals surface area contributed by atoms with Crippen LogP contribution in [0, 0.1) is 6.92 Å². The molecule has 0 bridgehead atoms. The number of carbonyl (C=O) groups is 1. The van der Waals surface area contributed by atoms with Gasteiger partial charge in [-0.2, -0.15) is 0 Å². The Morgan fingerprint density at radius 1 is 0.921 bits per heavy atom. The highest BCUT2D eigenvalue weighted by atomic mass is 16.5. The van der Waals surface area contributed by atoms with Crippen LogP contribution in [0.1, 0.15) is 34.7 Å². The van der Waals surface area contributed by atoms with Crippen molar-refractivity contribution in [3.8, 4) is 23.0 Å². The third-order valence-corrected chi connectivity index (χ3v) is 6.82. The van der Waals surface area contributed by atoms with Crippen LogP contribution >= 0.6 is 0 Å². The number of aromatic nitrogens is 2. The Morgan fingerprint density at radius 3 is 2.29 bits per heavy atom. The fraction of sp³-hybridized carbons (Fsp3) is 0.333. The summed E-state index contributed by atoms with van der Waals surface area (Å²) in [5, 5.41) is 0. The molecule has 1 unspecified atom stereocenters. The average Bonchev–Trinajstić information content (AvgIpc) is 3.36.